The van der Waals surface area contributed by atoms with Crippen molar-refractivity contribution in [2.24, 2.45) is 0 Å². The fourth-order valence-electron chi connectivity index (χ4n) is 2.07. The van der Waals surface area contributed by atoms with Crippen LogP contribution in [-0.4, -0.2) is 23.6 Å². The highest BCUT2D eigenvalue weighted by Gasteiger charge is 2.24. The van der Waals surface area contributed by atoms with E-state index in [1.807, 2.05) is 23.6 Å². The molecule has 4 nitrogen and oxygen atoms in total. The molecule has 0 aliphatic carbocycles. The highest BCUT2D eigenvalue weighted by Crippen LogP contribution is 2.25. The molecule has 3 rings (SSSR count). The number of thiazole rings is 1. The fraction of sp³-hybridized carbons (Fsp3) is 0.333. The standard InChI is InChI=1S/C15H16N2O2S2/c18-14(13-7-4-8-19-13)17-15-16-11(10-21-15)9-20-12-5-2-1-3-6-12/h1-3,5-6,10,13H,4,7-9H2,(H,16,17,18). The maximum Gasteiger partial charge on any atom is 0.255 e. The van der Waals surface area contributed by atoms with E-state index in [9.17, 15) is 4.79 Å². The Bertz CT molecular complexity index is 595. The van der Waals surface area contributed by atoms with Crippen LogP contribution in [0.1, 0.15) is 18.5 Å². The lowest BCUT2D eigenvalue weighted by Crippen LogP contribution is -2.26. The van der Waals surface area contributed by atoms with E-state index in [-0.39, 0.29) is 12.0 Å². The Morgan fingerprint density at radius 3 is 3.05 bits per heavy atom. The summed E-state index contributed by atoms with van der Waals surface area (Å²) < 4.78 is 5.36. The summed E-state index contributed by atoms with van der Waals surface area (Å²) in [6.07, 6.45) is 1.44. The van der Waals surface area contributed by atoms with Gasteiger partial charge in [0.25, 0.3) is 5.91 Å². The molecule has 1 aromatic heterocycles. The monoisotopic (exact) mass is 320 g/mol. The predicted molar refractivity (Wildman–Crippen MR) is 85.7 cm³/mol. The van der Waals surface area contributed by atoms with Crippen molar-refractivity contribution in [3.05, 3.63) is 41.4 Å². The van der Waals surface area contributed by atoms with Gasteiger partial charge in [-0.3, -0.25) is 10.1 Å². The highest BCUT2D eigenvalue weighted by atomic mass is 32.2. The molecule has 1 aliphatic heterocycles. The molecule has 1 aliphatic rings. The van der Waals surface area contributed by atoms with E-state index in [4.69, 9.17) is 4.74 Å². The summed E-state index contributed by atoms with van der Waals surface area (Å²) in [5.41, 5.74) is 0.983. The second-order valence-electron chi connectivity index (χ2n) is 4.74. The average molecular weight is 320 g/mol. The van der Waals surface area contributed by atoms with Crippen LogP contribution in [-0.2, 0) is 15.3 Å². The SMILES string of the molecule is O=C(Nc1nc(CSc2ccccc2)cs1)C1CCCO1. The molecular formula is C15H16N2O2S2. The average Bonchev–Trinajstić information content (AvgIpc) is 3.18. The first-order chi connectivity index (χ1) is 10.3. The molecule has 1 atom stereocenters. The summed E-state index contributed by atoms with van der Waals surface area (Å²) in [6.45, 7) is 0.676. The lowest BCUT2D eigenvalue weighted by atomic mass is 10.2. The molecule has 6 heteroatoms. The van der Waals surface area contributed by atoms with Gasteiger partial charge >= 0.3 is 0 Å². The molecule has 0 spiro atoms. The van der Waals surface area contributed by atoms with Crippen molar-refractivity contribution in [3.8, 4) is 0 Å². The Hall–Kier alpha value is -1.37. The number of hydrogen-bond acceptors (Lipinski definition) is 5. The highest BCUT2D eigenvalue weighted by molar-refractivity contribution is 7.98. The van der Waals surface area contributed by atoms with Gasteiger partial charge in [0.1, 0.15) is 6.10 Å². The number of benzene rings is 1. The predicted octanol–water partition coefficient (Wildman–Crippen LogP) is 3.55. The first-order valence-corrected chi connectivity index (χ1v) is 8.72. The molecule has 110 valence electrons. The topological polar surface area (TPSA) is 51.2 Å². The maximum atomic E-state index is 11.9. The van der Waals surface area contributed by atoms with Gasteiger partial charge in [0.2, 0.25) is 0 Å². The van der Waals surface area contributed by atoms with Crippen LogP contribution in [0.25, 0.3) is 0 Å². The van der Waals surface area contributed by atoms with Crippen LogP contribution in [0.4, 0.5) is 5.13 Å². The zero-order valence-corrected chi connectivity index (χ0v) is 13.1. The number of aromatic nitrogens is 1. The van der Waals surface area contributed by atoms with Crippen molar-refractivity contribution in [2.45, 2.75) is 29.6 Å². The summed E-state index contributed by atoms with van der Waals surface area (Å²) in [5, 5.41) is 5.48. The van der Waals surface area contributed by atoms with E-state index < -0.39 is 0 Å². The van der Waals surface area contributed by atoms with Gasteiger partial charge in [-0.2, -0.15) is 0 Å². The van der Waals surface area contributed by atoms with E-state index in [1.54, 1.807) is 11.8 Å². The molecule has 1 aromatic carbocycles. The Labute approximate surface area is 131 Å². The van der Waals surface area contributed by atoms with Gasteiger partial charge in [0.05, 0.1) is 5.69 Å². The van der Waals surface area contributed by atoms with Gasteiger partial charge in [-0.15, -0.1) is 23.1 Å². The number of ether oxygens (including phenoxy) is 1. The number of rotatable bonds is 5. The van der Waals surface area contributed by atoms with E-state index >= 15 is 0 Å². The van der Waals surface area contributed by atoms with Crippen LogP contribution in [0.15, 0.2) is 40.6 Å². The summed E-state index contributed by atoms with van der Waals surface area (Å²) in [7, 11) is 0. The fourth-order valence-corrected chi connectivity index (χ4v) is 3.71. The van der Waals surface area contributed by atoms with Crippen LogP contribution in [0.2, 0.25) is 0 Å². The van der Waals surface area contributed by atoms with E-state index in [0.29, 0.717) is 11.7 Å². The van der Waals surface area contributed by atoms with Gasteiger partial charge in [-0.25, -0.2) is 4.98 Å². The Kier molecular flexibility index (Phi) is 4.90. The van der Waals surface area contributed by atoms with Crippen LogP contribution in [0.3, 0.4) is 0 Å². The molecule has 1 unspecified atom stereocenters. The molecular weight excluding hydrogens is 304 g/mol. The molecule has 2 aromatic rings. The zero-order chi connectivity index (χ0) is 14.5. The number of anilines is 1. The maximum absolute atomic E-state index is 11.9. The third kappa shape index (κ3) is 4.06. The van der Waals surface area contributed by atoms with Crippen molar-refractivity contribution >= 4 is 34.1 Å². The molecule has 21 heavy (non-hydrogen) atoms. The van der Waals surface area contributed by atoms with Gasteiger partial charge in [-0.05, 0) is 25.0 Å². The Morgan fingerprint density at radius 2 is 2.29 bits per heavy atom. The van der Waals surface area contributed by atoms with E-state index in [0.717, 1.165) is 24.3 Å². The second-order valence-corrected chi connectivity index (χ2v) is 6.64. The lowest BCUT2D eigenvalue weighted by Gasteiger charge is -2.07. The summed E-state index contributed by atoms with van der Waals surface area (Å²) in [4.78, 5) is 17.6. The molecule has 1 amide bonds. The third-order valence-electron chi connectivity index (χ3n) is 3.13. The molecule has 1 saturated heterocycles. The first-order valence-electron chi connectivity index (χ1n) is 6.86. The second kappa shape index (κ2) is 7.06. The number of hydrogen-bond donors (Lipinski definition) is 1. The summed E-state index contributed by atoms with van der Waals surface area (Å²) in [5.74, 6) is 0.722. The largest absolute Gasteiger partial charge is 0.368 e. The van der Waals surface area contributed by atoms with Crippen LogP contribution < -0.4 is 5.32 Å². The number of amides is 1. The smallest absolute Gasteiger partial charge is 0.255 e. The van der Waals surface area contributed by atoms with Crippen LogP contribution in [0.5, 0.6) is 0 Å². The zero-order valence-electron chi connectivity index (χ0n) is 11.5. The van der Waals surface area contributed by atoms with Crippen molar-refractivity contribution < 1.29 is 9.53 Å². The number of thioether (sulfide) groups is 1. The number of carbonyl (C=O) groups is 1. The van der Waals surface area contributed by atoms with Crippen LogP contribution in [0, 0.1) is 0 Å². The molecule has 2 heterocycles. The molecule has 0 bridgehead atoms. The molecule has 1 N–H and O–H groups in total. The number of nitrogens with zero attached hydrogens (tertiary/aromatic N) is 1. The molecule has 0 radical (unpaired) electrons. The van der Waals surface area contributed by atoms with E-state index in [1.165, 1.54) is 16.2 Å². The molecule has 0 saturated carbocycles. The van der Waals surface area contributed by atoms with Crippen LogP contribution >= 0.6 is 23.1 Å². The first kappa shape index (κ1) is 14.6. The van der Waals surface area contributed by atoms with E-state index in [2.05, 4.69) is 22.4 Å². The molecule has 1 fully saturated rings. The third-order valence-corrected chi connectivity index (χ3v) is 4.99. The van der Waals surface area contributed by atoms with Crippen molar-refractivity contribution in [2.75, 3.05) is 11.9 Å². The van der Waals surface area contributed by atoms with Gasteiger partial charge in [0, 0.05) is 22.6 Å². The van der Waals surface area contributed by atoms with Gasteiger partial charge in [0.15, 0.2) is 5.13 Å². The number of nitrogens with one attached hydrogen (secondary N) is 1. The van der Waals surface area contributed by atoms with Gasteiger partial charge in [-0.1, -0.05) is 18.2 Å². The quantitative estimate of drug-likeness (QED) is 0.856. The minimum atomic E-state index is -0.309. The van der Waals surface area contributed by atoms with Gasteiger partial charge < -0.3 is 4.74 Å². The Morgan fingerprint density at radius 1 is 1.43 bits per heavy atom. The summed E-state index contributed by atoms with van der Waals surface area (Å²) in [6, 6.07) is 10.2. The summed E-state index contributed by atoms with van der Waals surface area (Å²) >= 11 is 3.20. The Balaban J connectivity index is 1.52. The normalized spacial score (nSPS) is 17.8. The van der Waals surface area contributed by atoms with Crippen molar-refractivity contribution in [3.63, 3.8) is 0 Å². The minimum absolute atomic E-state index is 0.0795. The lowest BCUT2D eigenvalue weighted by molar-refractivity contribution is -0.124. The minimum Gasteiger partial charge on any atom is -0.368 e. The van der Waals surface area contributed by atoms with Crippen molar-refractivity contribution in [1.82, 2.24) is 4.98 Å². The number of carbonyl (C=O) groups excluding carboxylic acids is 1. The van der Waals surface area contributed by atoms with Crippen molar-refractivity contribution in [1.29, 1.82) is 0 Å².